The fourth-order valence-corrected chi connectivity index (χ4v) is 3.46. The summed E-state index contributed by atoms with van der Waals surface area (Å²) in [5, 5.41) is 8.64. The molecular formula is C18H19N5O3S. The fraction of sp³-hybridized carbons (Fsp3) is 0.333. The molecule has 1 N–H and O–H groups in total. The minimum atomic E-state index is -0.300. The third-order valence-corrected chi connectivity index (χ3v) is 5.01. The van der Waals surface area contributed by atoms with E-state index in [1.807, 2.05) is 30.5 Å². The summed E-state index contributed by atoms with van der Waals surface area (Å²) in [5.74, 6) is 0.956. The fourth-order valence-electron chi connectivity index (χ4n) is 2.79. The van der Waals surface area contributed by atoms with Crippen molar-refractivity contribution in [3.05, 3.63) is 46.7 Å². The van der Waals surface area contributed by atoms with E-state index in [1.165, 1.54) is 11.3 Å². The molecule has 140 valence electrons. The summed E-state index contributed by atoms with van der Waals surface area (Å²) < 4.78 is 10.6. The van der Waals surface area contributed by atoms with Crippen molar-refractivity contribution in [2.75, 3.05) is 31.2 Å². The highest BCUT2D eigenvalue weighted by Gasteiger charge is 2.17. The Morgan fingerprint density at radius 1 is 1.30 bits per heavy atom. The molecule has 0 radical (unpaired) electrons. The summed E-state index contributed by atoms with van der Waals surface area (Å²) in [7, 11) is 0. The van der Waals surface area contributed by atoms with Crippen molar-refractivity contribution in [2.24, 2.45) is 0 Å². The first-order valence-corrected chi connectivity index (χ1v) is 9.53. The van der Waals surface area contributed by atoms with E-state index in [0.717, 1.165) is 29.4 Å². The second-order valence-corrected chi connectivity index (χ2v) is 7.08. The van der Waals surface area contributed by atoms with Gasteiger partial charge in [0.25, 0.3) is 5.91 Å². The molecule has 0 bridgehead atoms. The maximum atomic E-state index is 12.4. The average Bonchev–Trinajstić information content (AvgIpc) is 3.38. The van der Waals surface area contributed by atoms with Gasteiger partial charge in [-0.15, -0.1) is 11.3 Å². The number of carbonyl (C=O) groups excluding carboxylic acids is 1. The Bertz CT molecular complexity index is 919. The molecule has 8 nitrogen and oxygen atoms in total. The first-order valence-electron chi connectivity index (χ1n) is 8.65. The van der Waals surface area contributed by atoms with E-state index in [0.29, 0.717) is 31.5 Å². The Hall–Kier alpha value is -2.78. The van der Waals surface area contributed by atoms with Crippen LogP contribution in [0.4, 0.5) is 5.95 Å². The number of hydrogen-bond donors (Lipinski definition) is 1. The number of ether oxygens (including phenoxy) is 1. The van der Waals surface area contributed by atoms with Crippen LogP contribution < -0.4 is 10.2 Å². The molecule has 0 aromatic carbocycles. The lowest BCUT2D eigenvalue weighted by Crippen LogP contribution is -2.37. The molecule has 1 saturated heterocycles. The van der Waals surface area contributed by atoms with Crippen LogP contribution >= 0.6 is 11.3 Å². The van der Waals surface area contributed by atoms with Crippen molar-refractivity contribution < 1.29 is 14.1 Å². The zero-order valence-electron chi connectivity index (χ0n) is 14.8. The van der Waals surface area contributed by atoms with E-state index in [1.54, 1.807) is 6.07 Å². The van der Waals surface area contributed by atoms with Gasteiger partial charge >= 0.3 is 0 Å². The summed E-state index contributed by atoms with van der Waals surface area (Å²) in [5.41, 5.74) is 1.86. The van der Waals surface area contributed by atoms with Crippen LogP contribution in [0.25, 0.3) is 10.6 Å². The van der Waals surface area contributed by atoms with Crippen LogP contribution in [0, 0.1) is 6.92 Å². The SMILES string of the molecule is Cc1cc(CNC(=O)c2cc(-c3cccs3)on2)nc(N2CCOCC2)n1. The summed E-state index contributed by atoms with van der Waals surface area (Å²) in [6, 6.07) is 7.35. The third kappa shape index (κ3) is 4.15. The normalized spacial score (nSPS) is 14.3. The highest BCUT2D eigenvalue weighted by atomic mass is 32.1. The molecule has 9 heteroatoms. The van der Waals surface area contributed by atoms with Crippen LogP contribution in [0.3, 0.4) is 0 Å². The minimum Gasteiger partial charge on any atom is -0.378 e. The van der Waals surface area contributed by atoms with E-state index in [-0.39, 0.29) is 11.6 Å². The third-order valence-electron chi connectivity index (χ3n) is 4.13. The Labute approximate surface area is 160 Å². The number of rotatable bonds is 5. The zero-order valence-corrected chi connectivity index (χ0v) is 15.7. The molecule has 1 aliphatic heterocycles. The molecule has 3 aromatic heterocycles. The molecule has 4 heterocycles. The van der Waals surface area contributed by atoms with Crippen molar-refractivity contribution in [1.29, 1.82) is 0 Å². The predicted molar refractivity (Wildman–Crippen MR) is 101 cm³/mol. The molecule has 1 aliphatic rings. The van der Waals surface area contributed by atoms with E-state index in [9.17, 15) is 4.79 Å². The lowest BCUT2D eigenvalue weighted by molar-refractivity contribution is 0.0941. The number of aromatic nitrogens is 3. The number of thiophene rings is 1. The predicted octanol–water partition coefficient (Wildman–Crippen LogP) is 2.27. The van der Waals surface area contributed by atoms with Crippen LogP contribution in [0.15, 0.2) is 34.2 Å². The molecule has 0 saturated carbocycles. The van der Waals surface area contributed by atoms with Gasteiger partial charge in [-0.1, -0.05) is 11.2 Å². The molecule has 27 heavy (non-hydrogen) atoms. The van der Waals surface area contributed by atoms with E-state index in [4.69, 9.17) is 9.26 Å². The smallest absolute Gasteiger partial charge is 0.273 e. The van der Waals surface area contributed by atoms with Gasteiger partial charge in [0.05, 0.1) is 30.3 Å². The van der Waals surface area contributed by atoms with E-state index >= 15 is 0 Å². The summed E-state index contributed by atoms with van der Waals surface area (Å²) in [6.45, 7) is 5.08. The Kier molecular flexibility index (Phi) is 5.12. The molecular weight excluding hydrogens is 366 g/mol. The van der Waals surface area contributed by atoms with Gasteiger partial charge in [0.2, 0.25) is 5.95 Å². The summed E-state index contributed by atoms with van der Waals surface area (Å²) in [4.78, 5) is 24.5. The van der Waals surface area contributed by atoms with Crippen LogP contribution in [-0.2, 0) is 11.3 Å². The van der Waals surface area contributed by atoms with E-state index in [2.05, 4.69) is 25.3 Å². The van der Waals surface area contributed by atoms with Gasteiger partial charge in [-0.25, -0.2) is 9.97 Å². The average molecular weight is 385 g/mol. The maximum Gasteiger partial charge on any atom is 0.273 e. The number of morpholine rings is 1. The van der Waals surface area contributed by atoms with Gasteiger partial charge in [0, 0.05) is 24.8 Å². The lowest BCUT2D eigenvalue weighted by atomic mass is 10.3. The zero-order chi connectivity index (χ0) is 18.6. The number of carbonyl (C=O) groups is 1. The van der Waals surface area contributed by atoms with Crippen molar-refractivity contribution in [3.8, 4) is 10.6 Å². The van der Waals surface area contributed by atoms with Crippen molar-refractivity contribution in [1.82, 2.24) is 20.4 Å². The number of amides is 1. The van der Waals surface area contributed by atoms with Gasteiger partial charge < -0.3 is 19.5 Å². The Balaban J connectivity index is 1.42. The number of anilines is 1. The van der Waals surface area contributed by atoms with Crippen LogP contribution in [0.2, 0.25) is 0 Å². The molecule has 3 aromatic rings. The largest absolute Gasteiger partial charge is 0.378 e. The molecule has 4 rings (SSSR count). The molecule has 1 fully saturated rings. The molecule has 1 amide bonds. The van der Waals surface area contributed by atoms with Gasteiger partial charge in [-0.3, -0.25) is 4.79 Å². The van der Waals surface area contributed by atoms with Crippen molar-refractivity contribution in [2.45, 2.75) is 13.5 Å². The minimum absolute atomic E-state index is 0.248. The van der Waals surface area contributed by atoms with Crippen molar-refractivity contribution >= 4 is 23.2 Å². The first-order chi connectivity index (χ1) is 13.2. The summed E-state index contributed by atoms with van der Waals surface area (Å²) >= 11 is 1.53. The number of hydrogen-bond acceptors (Lipinski definition) is 8. The summed E-state index contributed by atoms with van der Waals surface area (Å²) in [6.07, 6.45) is 0. The number of nitrogens with zero attached hydrogens (tertiary/aromatic N) is 4. The maximum absolute atomic E-state index is 12.4. The van der Waals surface area contributed by atoms with Crippen molar-refractivity contribution in [3.63, 3.8) is 0 Å². The van der Waals surface area contributed by atoms with Crippen LogP contribution in [-0.4, -0.2) is 47.3 Å². The Morgan fingerprint density at radius 3 is 2.93 bits per heavy atom. The van der Waals surface area contributed by atoms with Gasteiger partial charge in [0.1, 0.15) is 0 Å². The standard InChI is InChI=1S/C18H19N5O3S/c1-12-9-13(21-18(20-12)23-4-6-25-7-5-23)11-19-17(24)14-10-15(26-22-14)16-3-2-8-27-16/h2-3,8-10H,4-7,11H2,1H3,(H,19,24). The number of nitrogens with one attached hydrogen (secondary N) is 1. The lowest BCUT2D eigenvalue weighted by Gasteiger charge is -2.27. The van der Waals surface area contributed by atoms with Crippen LogP contribution in [0.1, 0.15) is 21.9 Å². The quantitative estimate of drug-likeness (QED) is 0.720. The molecule has 0 atom stereocenters. The monoisotopic (exact) mass is 385 g/mol. The second-order valence-electron chi connectivity index (χ2n) is 6.14. The molecule has 0 spiro atoms. The highest BCUT2D eigenvalue weighted by Crippen LogP contribution is 2.25. The first kappa shape index (κ1) is 17.6. The van der Waals surface area contributed by atoms with Crippen LogP contribution in [0.5, 0.6) is 0 Å². The Morgan fingerprint density at radius 2 is 2.15 bits per heavy atom. The highest BCUT2D eigenvalue weighted by molar-refractivity contribution is 7.13. The van der Waals surface area contributed by atoms with Gasteiger partial charge in [-0.05, 0) is 24.4 Å². The molecule has 0 unspecified atom stereocenters. The topological polar surface area (TPSA) is 93.4 Å². The second kappa shape index (κ2) is 7.85. The number of aryl methyl sites for hydroxylation is 1. The molecule has 0 aliphatic carbocycles. The van der Waals surface area contributed by atoms with Gasteiger partial charge in [0.15, 0.2) is 11.5 Å². The van der Waals surface area contributed by atoms with E-state index < -0.39 is 0 Å². The van der Waals surface area contributed by atoms with Gasteiger partial charge in [-0.2, -0.15) is 0 Å².